The van der Waals surface area contributed by atoms with Crippen molar-refractivity contribution in [1.82, 2.24) is 4.90 Å². The molecular weight excluding hydrogens is 444 g/mol. The van der Waals surface area contributed by atoms with Crippen molar-refractivity contribution in [3.8, 4) is 0 Å². The lowest BCUT2D eigenvalue weighted by Gasteiger charge is -2.38. The van der Waals surface area contributed by atoms with E-state index in [1.54, 1.807) is 20.8 Å². The van der Waals surface area contributed by atoms with Crippen LogP contribution in [0.4, 0.5) is 8.78 Å². The summed E-state index contributed by atoms with van der Waals surface area (Å²) in [4.78, 5) is 39.6. The summed E-state index contributed by atoms with van der Waals surface area (Å²) < 4.78 is 73.0. The molecule has 4 rings (SSSR count). The normalized spacial score (nSPS) is 34.9. The molecule has 6 atom stereocenters. The van der Waals surface area contributed by atoms with Gasteiger partial charge in [0.05, 0.1) is 24.0 Å². The maximum Gasteiger partial charge on any atom is 0.402 e. The maximum absolute atomic E-state index is 13.5. The first-order valence-electron chi connectivity index (χ1n) is 9.86. The number of carbonyl (C=O) groups is 3. The molecule has 4 aliphatic rings. The van der Waals surface area contributed by atoms with E-state index in [-0.39, 0.29) is 5.92 Å². The molecule has 1 N–H and O–H groups in total. The van der Waals surface area contributed by atoms with Gasteiger partial charge >= 0.3 is 27.3 Å². The topological polar surface area (TPSA) is 137 Å². The summed E-state index contributed by atoms with van der Waals surface area (Å²) in [5.74, 6) is -4.86. The number of hydrogen-bond donors (Lipinski definition) is 1. The van der Waals surface area contributed by atoms with Gasteiger partial charge in [-0.15, -0.1) is 0 Å². The molecule has 0 aromatic heterocycles. The molecule has 3 heterocycles. The summed E-state index contributed by atoms with van der Waals surface area (Å²) in [6.45, 7) is 3.38. The van der Waals surface area contributed by atoms with Crippen LogP contribution in [0.2, 0.25) is 0 Å². The third-order valence-corrected chi connectivity index (χ3v) is 7.02. The predicted molar refractivity (Wildman–Crippen MR) is 96.1 cm³/mol. The molecule has 3 aliphatic heterocycles. The van der Waals surface area contributed by atoms with Crippen molar-refractivity contribution < 1.29 is 50.3 Å². The van der Waals surface area contributed by atoms with Crippen LogP contribution in [0.25, 0.3) is 0 Å². The summed E-state index contributed by atoms with van der Waals surface area (Å²) in [7, 11) is -5.80. The second-order valence-electron chi connectivity index (χ2n) is 9.38. The highest BCUT2D eigenvalue weighted by molar-refractivity contribution is 7.86. The first-order chi connectivity index (χ1) is 14.1. The zero-order valence-electron chi connectivity index (χ0n) is 17.0. The van der Waals surface area contributed by atoms with Gasteiger partial charge < -0.3 is 19.1 Å². The number of fused-ring (bicyclic) bond motifs is 1. The number of alkyl halides is 2. The van der Waals surface area contributed by atoms with Crippen LogP contribution in [0.3, 0.4) is 0 Å². The second-order valence-corrected chi connectivity index (χ2v) is 10.9. The van der Waals surface area contributed by atoms with Gasteiger partial charge in [0.15, 0.2) is 12.7 Å². The lowest BCUT2D eigenvalue weighted by molar-refractivity contribution is -0.166. The average molecular weight is 467 g/mol. The fraction of sp³-hybridized carbons (Fsp3) is 0.833. The Morgan fingerprint density at radius 3 is 2.32 bits per heavy atom. The number of ether oxygens (including phenoxy) is 3. The monoisotopic (exact) mass is 467 g/mol. The number of halogens is 2. The fourth-order valence-electron chi connectivity index (χ4n) is 4.68. The Balaban J connectivity index is 1.60. The Labute approximate surface area is 176 Å². The summed E-state index contributed by atoms with van der Waals surface area (Å²) in [6.07, 6.45) is -1.53. The smallest absolute Gasteiger partial charge is 0.402 e. The van der Waals surface area contributed by atoms with Crippen LogP contribution in [0.5, 0.6) is 0 Å². The molecular formula is C18H23F2NO9S. The number of likely N-dealkylation sites (tertiary alicyclic amines) is 1. The number of amides is 1. The van der Waals surface area contributed by atoms with Crippen molar-refractivity contribution in [2.45, 2.75) is 68.8 Å². The van der Waals surface area contributed by atoms with Crippen molar-refractivity contribution in [2.75, 3.05) is 6.61 Å². The predicted octanol–water partition coefficient (Wildman–Crippen LogP) is 0.355. The molecule has 13 heteroatoms. The van der Waals surface area contributed by atoms with E-state index in [9.17, 15) is 31.6 Å². The van der Waals surface area contributed by atoms with Gasteiger partial charge in [-0.25, -0.2) is 0 Å². The third kappa shape index (κ3) is 3.50. The number of hydrogen-bond acceptors (Lipinski definition) is 8. The van der Waals surface area contributed by atoms with Crippen LogP contribution in [0.1, 0.15) is 33.6 Å². The number of rotatable bonds is 6. The first kappa shape index (κ1) is 22.3. The molecule has 1 aliphatic carbocycles. The fourth-order valence-corrected chi connectivity index (χ4v) is 4.89. The van der Waals surface area contributed by atoms with E-state index in [0.29, 0.717) is 12.8 Å². The molecule has 6 unspecified atom stereocenters. The molecule has 4 fully saturated rings. The maximum atomic E-state index is 13.5. The van der Waals surface area contributed by atoms with Crippen molar-refractivity contribution >= 4 is 28.0 Å². The second kappa shape index (κ2) is 6.82. The van der Waals surface area contributed by atoms with E-state index in [4.69, 9.17) is 14.0 Å². The SMILES string of the molecule is CC(C)(C)N1C(=O)C2C3OC(C(OC(=O)C4CC4)C31)C2C(=O)OCC(F)(F)S(=O)(=O)O. The van der Waals surface area contributed by atoms with Crippen LogP contribution >= 0.6 is 0 Å². The standard InChI is InChI=1S/C18H23F2NO9S/c1-17(2,3)21-10-11-8(14(21)22)9(16(24)28-6-18(19,20)31(25,26)27)12(29-11)13(10)30-15(23)7-4-5-7/h7-13H,4-6H2,1-3H3,(H,25,26,27). The van der Waals surface area contributed by atoms with E-state index in [1.165, 1.54) is 4.90 Å². The van der Waals surface area contributed by atoms with E-state index < -0.39 is 81.6 Å². The van der Waals surface area contributed by atoms with E-state index in [1.807, 2.05) is 0 Å². The van der Waals surface area contributed by atoms with Crippen molar-refractivity contribution in [3.63, 3.8) is 0 Å². The summed E-state index contributed by atoms with van der Waals surface area (Å²) in [6, 6.07) is -0.631. The summed E-state index contributed by atoms with van der Waals surface area (Å²) in [5.41, 5.74) is -0.700. The van der Waals surface area contributed by atoms with Gasteiger partial charge in [-0.3, -0.25) is 18.9 Å². The van der Waals surface area contributed by atoms with Gasteiger partial charge in [-0.1, -0.05) is 0 Å². The van der Waals surface area contributed by atoms with E-state index in [2.05, 4.69) is 4.74 Å². The Morgan fingerprint density at radius 2 is 1.81 bits per heavy atom. The molecule has 0 aromatic rings. The lowest BCUT2D eigenvalue weighted by atomic mass is 9.78. The molecule has 31 heavy (non-hydrogen) atoms. The van der Waals surface area contributed by atoms with Crippen molar-refractivity contribution in [1.29, 1.82) is 0 Å². The van der Waals surface area contributed by atoms with Crippen molar-refractivity contribution in [3.05, 3.63) is 0 Å². The Kier molecular flexibility index (Phi) is 4.91. The Morgan fingerprint density at radius 1 is 1.19 bits per heavy atom. The third-order valence-electron chi connectivity index (χ3n) is 6.14. The minimum Gasteiger partial charge on any atom is -0.458 e. The van der Waals surface area contributed by atoms with E-state index >= 15 is 0 Å². The highest BCUT2D eigenvalue weighted by Crippen LogP contribution is 2.54. The zero-order chi connectivity index (χ0) is 23.1. The van der Waals surface area contributed by atoms with Gasteiger partial charge in [0.1, 0.15) is 12.0 Å². The molecule has 3 saturated heterocycles. The number of nitrogens with zero attached hydrogens (tertiary/aromatic N) is 1. The Hall–Kier alpha value is -1.86. The molecule has 10 nitrogen and oxygen atoms in total. The van der Waals surface area contributed by atoms with Crippen molar-refractivity contribution in [2.24, 2.45) is 17.8 Å². The first-order valence-corrected chi connectivity index (χ1v) is 11.3. The Bertz CT molecular complexity index is 927. The number of carbonyl (C=O) groups excluding carboxylic acids is 3. The van der Waals surface area contributed by atoms with Crippen LogP contribution in [0.15, 0.2) is 0 Å². The molecule has 1 amide bonds. The molecule has 174 valence electrons. The molecule has 1 saturated carbocycles. The summed E-state index contributed by atoms with van der Waals surface area (Å²) >= 11 is 0. The largest absolute Gasteiger partial charge is 0.458 e. The van der Waals surface area contributed by atoms with Crippen LogP contribution in [-0.4, -0.2) is 77.5 Å². The molecule has 0 radical (unpaired) electrons. The van der Waals surface area contributed by atoms with Crippen LogP contribution < -0.4 is 0 Å². The average Bonchev–Trinajstić information content (AvgIpc) is 3.27. The minimum atomic E-state index is -5.80. The highest BCUT2D eigenvalue weighted by atomic mass is 32.2. The van der Waals surface area contributed by atoms with Crippen LogP contribution in [-0.2, 0) is 38.7 Å². The van der Waals surface area contributed by atoms with E-state index in [0.717, 1.165) is 0 Å². The van der Waals surface area contributed by atoms with Gasteiger partial charge in [-0.05, 0) is 33.6 Å². The highest BCUT2D eigenvalue weighted by Gasteiger charge is 2.74. The van der Waals surface area contributed by atoms with Gasteiger partial charge in [-0.2, -0.15) is 17.2 Å². The lowest BCUT2D eigenvalue weighted by Crippen LogP contribution is -2.55. The van der Waals surface area contributed by atoms with Gasteiger partial charge in [0, 0.05) is 5.54 Å². The van der Waals surface area contributed by atoms with Gasteiger partial charge in [0.2, 0.25) is 5.91 Å². The van der Waals surface area contributed by atoms with Gasteiger partial charge in [0.25, 0.3) is 0 Å². The molecule has 2 bridgehead atoms. The number of esters is 2. The van der Waals surface area contributed by atoms with Crippen LogP contribution in [0, 0.1) is 17.8 Å². The molecule has 0 aromatic carbocycles. The summed E-state index contributed by atoms with van der Waals surface area (Å²) in [5, 5.41) is -4.71. The minimum absolute atomic E-state index is 0.256. The quantitative estimate of drug-likeness (QED) is 0.433. The zero-order valence-corrected chi connectivity index (χ0v) is 17.8. The molecule has 0 spiro atoms.